The molecule has 0 bridgehead atoms. The van der Waals surface area contributed by atoms with Gasteiger partial charge in [-0.3, -0.25) is 4.79 Å². The third-order valence-corrected chi connectivity index (χ3v) is 6.25. The Balaban J connectivity index is 2.07. The molecule has 6 heteroatoms. The van der Waals surface area contributed by atoms with Crippen LogP contribution in [-0.2, 0) is 10.2 Å². The number of rotatable bonds is 1. The minimum absolute atomic E-state index is 0.124. The van der Waals surface area contributed by atoms with E-state index in [4.69, 9.17) is 0 Å². The number of nitrogens with one attached hydrogen (secondary N) is 2. The zero-order chi connectivity index (χ0) is 18.7. The summed E-state index contributed by atoms with van der Waals surface area (Å²) in [6, 6.07) is 9.77. The molecule has 4 nitrogen and oxygen atoms in total. The maximum atomic E-state index is 14.4. The van der Waals surface area contributed by atoms with Crippen LogP contribution in [0.1, 0.15) is 38.3 Å². The molecular formula is C20H19FIN3O. The van der Waals surface area contributed by atoms with E-state index in [9.17, 15) is 9.18 Å². The van der Waals surface area contributed by atoms with Gasteiger partial charge in [-0.05, 0) is 48.9 Å². The number of nitrogens with zero attached hydrogens (tertiary/aromatic N) is 1. The highest BCUT2D eigenvalue weighted by Crippen LogP contribution is 2.50. The molecule has 2 N–H and O–H groups in total. The van der Waals surface area contributed by atoms with Crippen LogP contribution in [0.25, 0.3) is 0 Å². The topological polar surface area (TPSA) is 54.0 Å². The summed E-state index contributed by atoms with van der Waals surface area (Å²) >= 11 is 2.01. The molecule has 4 rings (SSSR count). The molecule has 1 aromatic heterocycles. The summed E-state index contributed by atoms with van der Waals surface area (Å²) in [6.45, 7) is 5.97. The third kappa shape index (κ3) is 2.46. The van der Waals surface area contributed by atoms with Crippen LogP contribution in [0.3, 0.4) is 0 Å². The molecule has 0 radical (unpaired) electrons. The van der Waals surface area contributed by atoms with Gasteiger partial charge in [0, 0.05) is 23.2 Å². The quantitative estimate of drug-likeness (QED) is 0.627. The Hall–Kier alpha value is -1.96. The van der Waals surface area contributed by atoms with Crippen LogP contribution in [-0.4, -0.2) is 16.4 Å². The highest BCUT2D eigenvalue weighted by atomic mass is 127. The molecular weight excluding hydrogens is 444 g/mol. The summed E-state index contributed by atoms with van der Waals surface area (Å²) in [5.41, 5.74) is 2.00. The van der Waals surface area contributed by atoms with Gasteiger partial charge in [0.05, 0.1) is 20.8 Å². The average molecular weight is 463 g/mol. The first-order valence-electron chi connectivity index (χ1n) is 8.47. The molecule has 2 aliphatic heterocycles. The van der Waals surface area contributed by atoms with Crippen molar-refractivity contribution in [2.75, 3.05) is 5.32 Å². The van der Waals surface area contributed by atoms with Gasteiger partial charge in [-0.1, -0.05) is 30.3 Å². The van der Waals surface area contributed by atoms with E-state index in [0.717, 1.165) is 11.3 Å². The minimum atomic E-state index is -0.788. The van der Waals surface area contributed by atoms with Gasteiger partial charge < -0.3 is 10.6 Å². The maximum absolute atomic E-state index is 14.4. The Labute approximate surface area is 165 Å². The van der Waals surface area contributed by atoms with Crippen molar-refractivity contribution in [3.63, 3.8) is 0 Å². The van der Waals surface area contributed by atoms with E-state index in [0.29, 0.717) is 26.9 Å². The van der Waals surface area contributed by atoms with Gasteiger partial charge >= 0.3 is 0 Å². The first-order valence-corrected chi connectivity index (χ1v) is 9.55. The lowest BCUT2D eigenvalue weighted by Gasteiger charge is -2.45. The van der Waals surface area contributed by atoms with E-state index in [1.807, 2.05) is 73.7 Å². The van der Waals surface area contributed by atoms with Gasteiger partial charge in [0.25, 0.3) is 5.91 Å². The lowest BCUT2D eigenvalue weighted by molar-refractivity contribution is -0.120. The lowest BCUT2D eigenvalue weighted by Crippen LogP contribution is -2.54. The van der Waals surface area contributed by atoms with Crippen LogP contribution in [0, 0.1) is 9.39 Å². The molecule has 1 amide bonds. The molecule has 0 fully saturated rings. The zero-order valence-electron chi connectivity index (χ0n) is 14.8. The molecule has 2 aromatic rings. The second-order valence-corrected chi connectivity index (χ2v) is 8.71. The van der Waals surface area contributed by atoms with Gasteiger partial charge in [-0.2, -0.15) is 0 Å². The Morgan fingerprint density at radius 1 is 1.19 bits per heavy atom. The summed E-state index contributed by atoms with van der Waals surface area (Å²) in [5, 5.41) is 6.41. The molecule has 26 heavy (non-hydrogen) atoms. The SMILES string of the molecule is CC1(C)CC2=C(C(=O)N1)C(C)(c1ccccc1)c1c(ncc(F)c1I)N2. The predicted molar refractivity (Wildman–Crippen MR) is 107 cm³/mol. The molecule has 2 aliphatic rings. The summed E-state index contributed by atoms with van der Waals surface area (Å²) in [7, 11) is 0. The lowest BCUT2D eigenvalue weighted by atomic mass is 9.66. The van der Waals surface area contributed by atoms with E-state index in [1.165, 1.54) is 6.20 Å². The van der Waals surface area contributed by atoms with Crippen LogP contribution in [0.15, 0.2) is 47.8 Å². The van der Waals surface area contributed by atoms with Gasteiger partial charge in [-0.15, -0.1) is 0 Å². The second kappa shape index (κ2) is 5.77. The van der Waals surface area contributed by atoms with Gasteiger partial charge in [0.15, 0.2) is 5.82 Å². The van der Waals surface area contributed by atoms with Crippen molar-refractivity contribution in [2.24, 2.45) is 0 Å². The summed E-state index contributed by atoms with van der Waals surface area (Å²) < 4.78 is 14.9. The van der Waals surface area contributed by atoms with Crippen LogP contribution in [0.2, 0.25) is 0 Å². The van der Waals surface area contributed by atoms with Crippen molar-refractivity contribution in [3.8, 4) is 0 Å². The molecule has 0 spiro atoms. The predicted octanol–water partition coefficient (Wildman–Crippen LogP) is 4.11. The van der Waals surface area contributed by atoms with Crippen molar-refractivity contribution in [3.05, 3.63) is 68.3 Å². The van der Waals surface area contributed by atoms with Crippen molar-refractivity contribution < 1.29 is 9.18 Å². The fourth-order valence-electron chi connectivity index (χ4n) is 4.06. The highest BCUT2D eigenvalue weighted by Gasteiger charge is 2.49. The fraction of sp³-hybridized carbons (Fsp3) is 0.300. The number of benzene rings is 1. The standard InChI is InChI=1S/C20H19FIN3O/c1-19(2)9-13-14(18(26)25-19)20(3,11-7-5-4-6-8-11)15-16(22)12(21)10-23-17(15)24-13/h4-8,10H,9H2,1-3H3,(H,23,24)(H,25,26). The van der Waals surface area contributed by atoms with Crippen molar-refractivity contribution in [1.82, 2.24) is 10.3 Å². The van der Waals surface area contributed by atoms with Crippen molar-refractivity contribution in [2.45, 2.75) is 38.1 Å². The first-order chi connectivity index (χ1) is 12.2. The Morgan fingerprint density at radius 2 is 1.88 bits per heavy atom. The van der Waals surface area contributed by atoms with E-state index >= 15 is 0 Å². The molecule has 0 aliphatic carbocycles. The highest BCUT2D eigenvalue weighted by molar-refractivity contribution is 14.1. The van der Waals surface area contributed by atoms with Crippen molar-refractivity contribution in [1.29, 1.82) is 0 Å². The molecule has 1 unspecified atom stereocenters. The number of pyridine rings is 1. The van der Waals surface area contributed by atoms with Gasteiger partial charge in [0.2, 0.25) is 0 Å². The minimum Gasteiger partial charge on any atom is -0.347 e. The van der Waals surface area contributed by atoms with E-state index in [-0.39, 0.29) is 17.3 Å². The largest absolute Gasteiger partial charge is 0.347 e. The first kappa shape index (κ1) is 17.5. The monoisotopic (exact) mass is 463 g/mol. The maximum Gasteiger partial charge on any atom is 0.250 e. The Kier molecular flexibility index (Phi) is 3.87. The number of fused-ring (bicyclic) bond motifs is 1. The second-order valence-electron chi connectivity index (χ2n) is 7.63. The summed E-state index contributed by atoms with van der Waals surface area (Å²) in [5.74, 6) is 0.112. The van der Waals surface area contributed by atoms with Crippen LogP contribution >= 0.6 is 22.6 Å². The normalized spacial score (nSPS) is 23.7. The average Bonchev–Trinajstić information content (AvgIpc) is 2.57. The number of carbonyl (C=O) groups excluding carboxylic acids is 1. The molecule has 1 atom stereocenters. The number of carbonyl (C=O) groups is 1. The Bertz CT molecular complexity index is 955. The van der Waals surface area contributed by atoms with E-state index in [1.54, 1.807) is 0 Å². The fourth-order valence-corrected chi connectivity index (χ4v) is 5.00. The number of halogens is 2. The molecule has 3 heterocycles. The Morgan fingerprint density at radius 3 is 2.58 bits per heavy atom. The number of hydrogen-bond donors (Lipinski definition) is 2. The molecule has 0 saturated carbocycles. The van der Waals surface area contributed by atoms with E-state index < -0.39 is 5.41 Å². The van der Waals surface area contributed by atoms with Crippen molar-refractivity contribution >= 4 is 34.3 Å². The van der Waals surface area contributed by atoms with E-state index in [2.05, 4.69) is 15.6 Å². The molecule has 134 valence electrons. The number of hydrogen-bond acceptors (Lipinski definition) is 3. The van der Waals surface area contributed by atoms with Gasteiger partial charge in [-0.25, -0.2) is 9.37 Å². The number of aromatic nitrogens is 1. The number of anilines is 1. The molecule has 1 aromatic carbocycles. The zero-order valence-corrected chi connectivity index (χ0v) is 16.9. The molecule has 0 saturated heterocycles. The smallest absolute Gasteiger partial charge is 0.250 e. The van der Waals surface area contributed by atoms with Crippen LogP contribution < -0.4 is 10.6 Å². The van der Waals surface area contributed by atoms with Crippen LogP contribution in [0.4, 0.5) is 10.2 Å². The number of amides is 1. The summed E-state index contributed by atoms with van der Waals surface area (Å²) in [4.78, 5) is 17.4. The van der Waals surface area contributed by atoms with Crippen LogP contribution in [0.5, 0.6) is 0 Å². The third-order valence-electron chi connectivity index (χ3n) is 5.19. The van der Waals surface area contributed by atoms with Gasteiger partial charge in [0.1, 0.15) is 5.82 Å². The summed E-state index contributed by atoms with van der Waals surface area (Å²) in [6.07, 6.45) is 1.89.